The Kier molecular flexibility index (Phi) is 3.05. The van der Waals surface area contributed by atoms with Gasteiger partial charge in [0.2, 0.25) is 0 Å². The van der Waals surface area contributed by atoms with Crippen molar-refractivity contribution in [1.82, 2.24) is 9.97 Å². The molecule has 0 amide bonds. The largest absolute Gasteiger partial charge is 0.295 e. The monoisotopic (exact) mass is 212 g/mol. The van der Waals surface area contributed by atoms with Crippen molar-refractivity contribution in [2.45, 2.75) is 13.3 Å². The molecule has 16 heavy (non-hydrogen) atoms. The van der Waals surface area contributed by atoms with Gasteiger partial charge in [-0.05, 0) is 24.6 Å². The van der Waals surface area contributed by atoms with Crippen molar-refractivity contribution in [2.24, 2.45) is 0 Å². The molecule has 0 aliphatic rings. The minimum atomic E-state index is 0.0795. The van der Waals surface area contributed by atoms with E-state index in [2.05, 4.69) is 9.97 Å². The molecule has 0 atom stereocenters. The lowest BCUT2D eigenvalue weighted by Gasteiger charge is -2.01. The Hall–Kier alpha value is -2.03. The normalized spacial score (nSPS) is 10.1. The fourth-order valence-corrected chi connectivity index (χ4v) is 1.50. The van der Waals surface area contributed by atoms with E-state index in [1.807, 2.05) is 24.3 Å². The number of aromatic nitrogens is 2. The smallest absolute Gasteiger partial charge is 0.159 e. The predicted molar refractivity (Wildman–Crippen MR) is 61.3 cm³/mol. The average molecular weight is 212 g/mol. The molecule has 0 fully saturated rings. The number of carbonyl (C=O) groups is 1. The Labute approximate surface area is 94.2 Å². The van der Waals surface area contributed by atoms with Gasteiger partial charge in [-0.2, -0.15) is 0 Å². The predicted octanol–water partition coefficient (Wildman–Crippen LogP) is 2.27. The Balaban J connectivity index is 2.22. The maximum absolute atomic E-state index is 11.2. The molecular weight excluding hydrogens is 200 g/mol. The van der Waals surface area contributed by atoms with E-state index in [0.29, 0.717) is 6.42 Å². The Bertz CT molecular complexity index is 494. The average Bonchev–Trinajstić information content (AvgIpc) is 2.30. The van der Waals surface area contributed by atoms with Crippen LogP contribution in [0.5, 0.6) is 0 Å². The second-order valence-corrected chi connectivity index (χ2v) is 3.60. The van der Waals surface area contributed by atoms with Crippen LogP contribution in [0, 0.1) is 0 Å². The van der Waals surface area contributed by atoms with Crippen LogP contribution < -0.4 is 0 Å². The Morgan fingerprint density at radius 1 is 1.19 bits per heavy atom. The quantitative estimate of drug-likeness (QED) is 0.733. The molecule has 3 heteroatoms. The number of Topliss-reactive ketones (excluding diaryl/α,β-unsaturated/α-hetero) is 1. The summed E-state index contributed by atoms with van der Waals surface area (Å²) < 4.78 is 0. The minimum absolute atomic E-state index is 0.0795. The highest BCUT2D eigenvalue weighted by Crippen LogP contribution is 2.09. The van der Waals surface area contributed by atoms with Gasteiger partial charge in [0.25, 0.3) is 0 Å². The molecule has 0 saturated heterocycles. The first kappa shape index (κ1) is 10.5. The van der Waals surface area contributed by atoms with E-state index in [0.717, 1.165) is 17.0 Å². The Morgan fingerprint density at radius 3 is 2.62 bits per heavy atom. The van der Waals surface area contributed by atoms with Crippen LogP contribution in [-0.2, 0) is 6.42 Å². The molecule has 0 spiro atoms. The van der Waals surface area contributed by atoms with Crippen molar-refractivity contribution in [1.29, 1.82) is 0 Å². The molecule has 0 aliphatic carbocycles. The number of ketones is 1. The molecule has 0 bridgehead atoms. The molecule has 1 aromatic carbocycles. The lowest BCUT2D eigenvalue weighted by Crippen LogP contribution is -1.97. The van der Waals surface area contributed by atoms with Gasteiger partial charge >= 0.3 is 0 Å². The van der Waals surface area contributed by atoms with Gasteiger partial charge in [0.05, 0.1) is 0 Å². The van der Waals surface area contributed by atoms with E-state index < -0.39 is 0 Å². The Morgan fingerprint density at radius 2 is 1.94 bits per heavy atom. The summed E-state index contributed by atoms with van der Waals surface area (Å²) in [5.74, 6) is 0.846. The van der Waals surface area contributed by atoms with Crippen molar-refractivity contribution in [3.8, 4) is 0 Å². The minimum Gasteiger partial charge on any atom is -0.295 e. The van der Waals surface area contributed by atoms with Gasteiger partial charge < -0.3 is 0 Å². The lowest BCUT2D eigenvalue weighted by molar-refractivity contribution is 0.101. The van der Waals surface area contributed by atoms with Gasteiger partial charge in [0.1, 0.15) is 5.82 Å². The maximum Gasteiger partial charge on any atom is 0.159 e. The van der Waals surface area contributed by atoms with Crippen molar-refractivity contribution >= 4 is 5.78 Å². The molecule has 2 rings (SSSR count). The summed E-state index contributed by atoms with van der Waals surface area (Å²) in [6, 6.07) is 9.35. The molecule has 1 heterocycles. The second-order valence-electron chi connectivity index (χ2n) is 3.60. The summed E-state index contributed by atoms with van der Waals surface area (Å²) in [7, 11) is 0. The van der Waals surface area contributed by atoms with Crippen molar-refractivity contribution < 1.29 is 4.79 Å². The van der Waals surface area contributed by atoms with Crippen LogP contribution >= 0.6 is 0 Å². The van der Waals surface area contributed by atoms with Crippen molar-refractivity contribution in [2.75, 3.05) is 0 Å². The highest BCUT2D eigenvalue weighted by Gasteiger charge is 2.02. The topological polar surface area (TPSA) is 42.9 Å². The second kappa shape index (κ2) is 4.66. The van der Waals surface area contributed by atoms with Crippen molar-refractivity contribution in [3.63, 3.8) is 0 Å². The number of hydrogen-bond donors (Lipinski definition) is 0. The number of nitrogens with zero attached hydrogens (tertiary/aromatic N) is 2. The van der Waals surface area contributed by atoms with Gasteiger partial charge in [-0.1, -0.05) is 18.2 Å². The summed E-state index contributed by atoms with van der Waals surface area (Å²) in [6.07, 6.45) is 4.09. The van der Waals surface area contributed by atoms with Gasteiger partial charge in [0, 0.05) is 24.4 Å². The summed E-state index contributed by atoms with van der Waals surface area (Å²) in [6.45, 7) is 1.57. The highest BCUT2D eigenvalue weighted by atomic mass is 16.1. The van der Waals surface area contributed by atoms with Gasteiger partial charge in [-0.15, -0.1) is 0 Å². The first-order valence-electron chi connectivity index (χ1n) is 5.11. The lowest BCUT2D eigenvalue weighted by atomic mass is 10.1. The van der Waals surface area contributed by atoms with Crippen LogP contribution in [0.1, 0.15) is 28.7 Å². The molecule has 2 aromatic rings. The first-order chi connectivity index (χ1) is 7.75. The van der Waals surface area contributed by atoms with E-state index in [1.165, 1.54) is 0 Å². The molecule has 3 nitrogen and oxygen atoms in total. The van der Waals surface area contributed by atoms with Gasteiger partial charge in [-0.25, -0.2) is 9.97 Å². The fraction of sp³-hybridized carbons (Fsp3) is 0.154. The third-order valence-corrected chi connectivity index (χ3v) is 2.31. The van der Waals surface area contributed by atoms with Crippen LogP contribution in [0.15, 0.2) is 42.7 Å². The van der Waals surface area contributed by atoms with E-state index in [4.69, 9.17) is 0 Å². The van der Waals surface area contributed by atoms with Crippen LogP contribution in [0.2, 0.25) is 0 Å². The van der Waals surface area contributed by atoms with Crippen molar-refractivity contribution in [3.05, 3.63) is 59.7 Å². The summed E-state index contributed by atoms with van der Waals surface area (Å²) in [5, 5.41) is 0. The van der Waals surface area contributed by atoms with Gasteiger partial charge in [-0.3, -0.25) is 4.79 Å². The van der Waals surface area contributed by atoms with E-state index in [1.54, 1.807) is 25.4 Å². The third kappa shape index (κ3) is 2.51. The van der Waals surface area contributed by atoms with E-state index in [9.17, 15) is 4.79 Å². The molecule has 1 aromatic heterocycles. The van der Waals surface area contributed by atoms with E-state index in [-0.39, 0.29) is 5.78 Å². The first-order valence-corrected chi connectivity index (χ1v) is 5.11. The molecule has 0 aliphatic heterocycles. The molecule has 0 radical (unpaired) electrons. The number of rotatable bonds is 3. The maximum atomic E-state index is 11.2. The molecule has 80 valence electrons. The SMILES string of the molecule is CC(=O)c1cccc(Cc2ncccn2)c1. The van der Waals surface area contributed by atoms with E-state index >= 15 is 0 Å². The fourth-order valence-electron chi connectivity index (χ4n) is 1.50. The number of carbonyl (C=O) groups excluding carboxylic acids is 1. The number of benzene rings is 1. The molecule has 0 N–H and O–H groups in total. The number of hydrogen-bond acceptors (Lipinski definition) is 3. The molecular formula is C13H12N2O. The highest BCUT2D eigenvalue weighted by molar-refractivity contribution is 5.94. The summed E-state index contributed by atoms with van der Waals surface area (Å²) >= 11 is 0. The van der Waals surface area contributed by atoms with Crippen LogP contribution in [-0.4, -0.2) is 15.8 Å². The summed E-state index contributed by atoms with van der Waals surface area (Å²) in [4.78, 5) is 19.5. The van der Waals surface area contributed by atoms with Crippen LogP contribution in [0.4, 0.5) is 0 Å². The third-order valence-electron chi connectivity index (χ3n) is 2.31. The zero-order valence-electron chi connectivity index (χ0n) is 9.05. The zero-order chi connectivity index (χ0) is 11.4. The van der Waals surface area contributed by atoms with Crippen LogP contribution in [0.25, 0.3) is 0 Å². The van der Waals surface area contributed by atoms with Crippen LogP contribution in [0.3, 0.4) is 0 Å². The molecule has 0 saturated carbocycles. The zero-order valence-corrected chi connectivity index (χ0v) is 9.05. The molecule has 0 unspecified atom stereocenters. The van der Waals surface area contributed by atoms with Gasteiger partial charge in [0.15, 0.2) is 5.78 Å². The standard InChI is InChI=1S/C13H12N2O/c1-10(16)12-5-2-4-11(8-12)9-13-14-6-3-7-15-13/h2-8H,9H2,1H3. The summed E-state index contributed by atoms with van der Waals surface area (Å²) in [5.41, 5.74) is 1.78.